The number of fused-ring (bicyclic) bond motifs is 1. The minimum Gasteiger partial charge on any atom is -0.408 e. The number of aryl methyl sites for hydroxylation is 1. The molecule has 7 heteroatoms. The lowest BCUT2D eigenvalue weighted by Crippen LogP contribution is -2.38. The van der Waals surface area contributed by atoms with E-state index in [1.165, 1.54) is 16.8 Å². The topological polar surface area (TPSA) is 81.6 Å². The number of H-pyrrole nitrogens is 1. The molecule has 1 aliphatic carbocycles. The first-order valence-corrected chi connectivity index (χ1v) is 11.3. The molecular weight excluding hydrogens is 404 g/mol. The van der Waals surface area contributed by atoms with Crippen molar-refractivity contribution in [1.29, 1.82) is 0 Å². The zero-order valence-corrected chi connectivity index (χ0v) is 18.3. The molecule has 0 atom stereocenters. The maximum Gasteiger partial charge on any atom is 0.417 e. The van der Waals surface area contributed by atoms with Crippen molar-refractivity contribution < 1.29 is 9.21 Å². The van der Waals surface area contributed by atoms with Crippen molar-refractivity contribution in [3.05, 3.63) is 69.8 Å². The number of nitrogens with one attached hydrogen (secondary N) is 2. The largest absolute Gasteiger partial charge is 0.417 e. The number of hydrogen-bond acceptors (Lipinski definition) is 5. The molecule has 1 saturated heterocycles. The lowest BCUT2D eigenvalue weighted by atomic mass is 9.90. The summed E-state index contributed by atoms with van der Waals surface area (Å²) in [6.45, 7) is 5.28. The third-order valence-electron chi connectivity index (χ3n) is 6.40. The summed E-state index contributed by atoms with van der Waals surface area (Å²) in [5.41, 5.74) is 6.19. The van der Waals surface area contributed by atoms with E-state index in [-0.39, 0.29) is 5.91 Å². The predicted octanol–water partition coefficient (Wildman–Crippen LogP) is 4.02. The Balaban J connectivity index is 1.33. The van der Waals surface area contributed by atoms with Gasteiger partial charge in [-0.05, 0) is 62.4 Å². The molecule has 0 radical (unpaired) electrons. The Morgan fingerprint density at radius 1 is 1.00 bits per heavy atom. The zero-order chi connectivity index (χ0) is 22.1. The van der Waals surface area contributed by atoms with Gasteiger partial charge in [0.1, 0.15) is 5.70 Å². The number of aromatic amines is 1. The highest BCUT2D eigenvalue weighted by atomic mass is 16.4. The number of aromatic nitrogens is 1. The Morgan fingerprint density at radius 3 is 2.56 bits per heavy atom. The highest BCUT2D eigenvalue weighted by Gasteiger charge is 2.27. The minimum atomic E-state index is -0.478. The van der Waals surface area contributed by atoms with Gasteiger partial charge in [0.05, 0.1) is 5.52 Å². The fraction of sp³-hybridized carbons (Fsp3) is 0.360. The van der Waals surface area contributed by atoms with Gasteiger partial charge in [-0.2, -0.15) is 0 Å². The molecule has 0 bridgehead atoms. The monoisotopic (exact) mass is 432 g/mol. The summed E-state index contributed by atoms with van der Waals surface area (Å²) in [5, 5.41) is 3.35. The van der Waals surface area contributed by atoms with E-state index in [0.29, 0.717) is 23.3 Å². The van der Waals surface area contributed by atoms with Gasteiger partial charge in [0.25, 0.3) is 5.91 Å². The fourth-order valence-corrected chi connectivity index (χ4v) is 4.36. The van der Waals surface area contributed by atoms with Crippen LogP contribution in [0.25, 0.3) is 11.1 Å². The van der Waals surface area contributed by atoms with Crippen LogP contribution >= 0.6 is 0 Å². The quantitative estimate of drug-likeness (QED) is 0.609. The van der Waals surface area contributed by atoms with Gasteiger partial charge in [0.2, 0.25) is 0 Å². The SMILES string of the molecule is Cc1ccc(N2CCCN(C(=O)C(Nc3ccc4[nH]c(=O)oc4c3)=C3CCC3)CC2)cc1. The number of hydrogen-bond donors (Lipinski definition) is 2. The molecule has 32 heavy (non-hydrogen) atoms. The first kappa shape index (κ1) is 20.4. The van der Waals surface area contributed by atoms with Gasteiger partial charge in [0, 0.05) is 43.6 Å². The standard InChI is InChI=1S/C25H28N4O3/c1-17-6-9-20(10-7-17)28-12-3-13-29(15-14-28)24(30)23(18-4-2-5-18)26-19-8-11-21-22(16-19)32-25(31)27-21/h6-11,16,26H,2-5,12-15H2,1H3,(H,27,31). The van der Waals surface area contributed by atoms with E-state index in [9.17, 15) is 9.59 Å². The van der Waals surface area contributed by atoms with Crippen molar-refractivity contribution in [3.8, 4) is 0 Å². The van der Waals surface area contributed by atoms with Gasteiger partial charge in [0.15, 0.2) is 5.58 Å². The molecule has 1 amide bonds. The number of rotatable bonds is 4. The summed E-state index contributed by atoms with van der Waals surface area (Å²) in [6.07, 6.45) is 3.93. The molecule has 1 aromatic heterocycles. The van der Waals surface area contributed by atoms with E-state index >= 15 is 0 Å². The molecule has 3 aromatic rings. The Labute approximate surface area is 186 Å². The molecule has 2 aliphatic rings. The molecular formula is C25H28N4O3. The summed E-state index contributed by atoms with van der Waals surface area (Å²) in [5.74, 6) is -0.422. The third kappa shape index (κ3) is 4.15. The average Bonchev–Trinajstić information content (AvgIpc) is 2.95. The number of carbonyl (C=O) groups excluding carboxylic acids is 1. The summed E-state index contributed by atoms with van der Waals surface area (Å²) in [6, 6.07) is 14.0. The molecule has 7 nitrogen and oxygen atoms in total. The number of amides is 1. The van der Waals surface area contributed by atoms with Crippen LogP contribution in [0.3, 0.4) is 0 Å². The van der Waals surface area contributed by atoms with Crippen molar-refractivity contribution >= 4 is 28.4 Å². The first-order chi connectivity index (χ1) is 15.6. The van der Waals surface area contributed by atoms with Gasteiger partial charge in [-0.1, -0.05) is 17.7 Å². The number of benzene rings is 2. The van der Waals surface area contributed by atoms with Crippen LogP contribution < -0.4 is 16.0 Å². The van der Waals surface area contributed by atoms with Crippen molar-refractivity contribution in [3.63, 3.8) is 0 Å². The number of anilines is 2. The Morgan fingerprint density at radius 2 is 1.81 bits per heavy atom. The third-order valence-corrected chi connectivity index (χ3v) is 6.40. The highest BCUT2D eigenvalue weighted by Crippen LogP contribution is 2.31. The first-order valence-electron chi connectivity index (χ1n) is 11.3. The second-order valence-electron chi connectivity index (χ2n) is 8.65. The lowest BCUT2D eigenvalue weighted by Gasteiger charge is -2.28. The van der Waals surface area contributed by atoms with Gasteiger partial charge in [-0.15, -0.1) is 0 Å². The molecule has 1 saturated carbocycles. The maximum absolute atomic E-state index is 13.6. The molecule has 5 rings (SSSR count). The number of nitrogens with zero attached hydrogens (tertiary/aromatic N) is 2. The second kappa shape index (κ2) is 8.57. The van der Waals surface area contributed by atoms with E-state index in [1.54, 1.807) is 12.1 Å². The molecule has 2 heterocycles. The van der Waals surface area contributed by atoms with Crippen LogP contribution in [-0.2, 0) is 4.79 Å². The highest BCUT2D eigenvalue weighted by molar-refractivity contribution is 5.98. The Kier molecular flexibility index (Phi) is 5.47. The number of allylic oxidation sites excluding steroid dienone is 1. The van der Waals surface area contributed by atoms with Crippen LogP contribution in [0.2, 0.25) is 0 Å². The van der Waals surface area contributed by atoms with Crippen LogP contribution in [0.15, 0.2) is 62.9 Å². The van der Waals surface area contributed by atoms with Gasteiger partial charge in [-0.25, -0.2) is 4.79 Å². The van der Waals surface area contributed by atoms with Crippen molar-refractivity contribution in [1.82, 2.24) is 9.88 Å². The molecule has 1 aliphatic heterocycles. The molecule has 2 fully saturated rings. The lowest BCUT2D eigenvalue weighted by molar-refractivity contribution is -0.126. The van der Waals surface area contributed by atoms with Gasteiger partial charge in [-0.3, -0.25) is 9.78 Å². The number of oxazole rings is 1. The van der Waals surface area contributed by atoms with Crippen molar-refractivity contribution in [2.24, 2.45) is 0 Å². The second-order valence-corrected chi connectivity index (χ2v) is 8.65. The van der Waals surface area contributed by atoms with Gasteiger partial charge >= 0.3 is 5.76 Å². The van der Waals surface area contributed by atoms with E-state index in [0.717, 1.165) is 51.0 Å². The van der Waals surface area contributed by atoms with E-state index in [4.69, 9.17) is 4.42 Å². The van der Waals surface area contributed by atoms with Crippen LogP contribution in [0.1, 0.15) is 31.2 Å². The smallest absolute Gasteiger partial charge is 0.408 e. The van der Waals surface area contributed by atoms with Crippen molar-refractivity contribution in [2.75, 3.05) is 36.4 Å². The normalized spacial score (nSPS) is 16.6. The van der Waals surface area contributed by atoms with Crippen LogP contribution in [-0.4, -0.2) is 42.0 Å². The van der Waals surface area contributed by atoms with Crippen LogP contribution in [0.4, 0.5) is 11.4 Å². The predicted molar refractivity (Wildman–Crippen MR) is 126 cm³/mol. The van der Waals surface area contributed by atoms with Gasteiger partial charge < -0.3 is 19.5 Å². The Bertz CT molecular complexity index is 1220. The maximum atomic E-state index is 13.6. The summed E-state index contributed by atoms with van der Waals surface area (Å²) < 4.78 is 5.18. The summed E-state index contributed by atoms with van der Waals surface area (Å²) in [7, 11) is 0. The molecule has 2 N–H and O–H groups in total. The average molecular weight is 433 g/mol. The fourth-order valence-electron chi connectivity index (χ4n) is 4.36. The van der Waals surface area contributed by atoms with Crippen molar-refractivity contribution in [2.45, 2.75) is 32.6 Å². The molecule has 0 unspecified atom stereocenters. The zero-order valence-electron chi connectivity index (χ0n) is 18.3. The minimum absolute atomic E-state index is 0.0566. The summed E-state index contributed by atoms with van der Waals surface area (Å²) in [4.78, 5) is 32.0. The Hall–Kier alpha value is -3.48. The molecule has 166 valence electrons. The van der Waals surface area contributed by atoms with E-state index in [1.807, 2.05) is 11.0 Å². The summed E-state index contributed by atoms with van der Waals surface area (Å²) >= 11 is 0. The van der Waals surface area contributed by atoms with E-state index < -0.39 is 5.76 Å². The molecule has 0 spiro atoms. The van der Waals surface area contributed by atoms with Crippen LogP contribution in [0, 0.1) is 6.92 Å². The number of carbonyl (C=O) groups is 1. The van der Waals surface area contributed by atoms with E-state index in [2.05, 4.69) is 46.4 Å². The molecule has 2 aromatic carbocycles. The van der Waals surface area contributed by atoms with Crippen LogP contribution in [0.5, 0.6) is 0 Å².